The maximum Gasteiger partial charge on any atom is 0.262 e. The number of nitrogens with zero attached hydrogens (tertiary/aromatic N) is 1. The first-order chi connectivity index (χ1) is 14.6. The third kappa shape index (κ3) is 4.65. The number of halogens is 1. The van der Waals surface area contributed by atoms with E-state index in [1.165, 1.54) is 6.42 Å². The Hall–Kier alpha value is -2.86. The zero-order chi connectivity index (χ0) is 20.9. The summed E-state index contributed by atoms with van der Waals surface area (Å²) in [5, 5.41) is 4.94. The van der Waals surface area contributed by atoms with Crippen molar-refractivity contribution in [3.8, 4) is 5.75 Å². The van der Waals surface area contributed by atoms with E-state index >= 15 is 0 Å². The van der Waals surface area contributed by atoms with Crippen molar-refractivity contribution in [2.75, 3.05) is 25.0 Å². The minimum Gasteiger partial charge on any atom is -0.483 e. The first kappa shape index (κ1) is 20.4. The Balaban J connectivity index is 1.38. The van der Waals surface area contributed by atoms with Crippen LogP contribution in [0.5, 0.6) is 5.75 Å². The van der Waals surface area contributed by atoms with Gasteiger partial charge in [0.1, 0.15) is 5.75 Å². The number of fused-ring (bicyclic) bond motifs is 1. The van der Waals surface area contributed by atoms with Gasteiger partial charge in [0.05, 0.1) is 4.47 Å². The molecule has 6 heteroatoms. The van der Waals surface area contributed by atoms with Crippen molar-refractivity contribution in [1.82, 2.24) is 4.90 Å². The van der Waals surface area contributed by atoms with Crippen LogP contribution in [0.25, 0.3) is 10.8 Å². The molecule has 0 aromatic heterocycles. The van der Waals surface area contributed by atoms with Crippen molar-refractivity contribution in [2.24, 2.45) is 0 Å². The van der Waals surface area contributed by atoms with Gasteiger partial charge in [0.2, 0.25) is 0 Å². The zero-order valence-corrected chi connectivity index (χ0v) is 18.2. The molecule has 1 fully saturated rings. The molecule has 4 rings (SSSR count). The van der Waals surface area contributed by atoms with Gasteiger partial charge < -0.3 is 15.0 Å². The molecule has 5 nitrogen and oxygen atoms in total. The van der Waals surface area contributed by atoms with Crippen LogP contribution in [0.4, 0.5) is 5.69 Å². The summed E-state index contributed by atoms with van der Waals surface area (Å²) < 4.78 is 6.54. The number of ether oxygens (including phenoxy) is 1. The Labute approximate surface area is 184 Å². The van der Waals surface area contributed by atoms with Crippen LogP contribution in [0.3, 0.4) is 0 Å². The highest BCUT2D eigenvalue weighted by molar-refractivity contribution is 9.10. The molecule has 0 saturated carbocycles. The lowest BCUT2D eigenvalue weighted by Gasteiger charge is -2.26. The monoisotopic (exact) mass is 466 g/mol. The summed E-state index contributed by atoms with van der Waals surface area (Å²) in [7, 11) is 0. The lowest BCUT2D eigenvalue weighted by atomic mass is 10.1. The number of rotatable bonds is 5. The fourth-order valence-electron chi connectivity index (χ4n) is 3.67. The summed E-state index contributed by atoms with van der Waals surface area (Å²) in [5.74, 6) is 0.345. The highest BCUT2D eigenvalue weighted by atomic mass is 79.9. The number of piperidine rings is 1. The number of benzene rings is 3. The second-order valence-corrected chi connectivity index (χ2v) is 8.16. The topological polar surface area (TPSA) is 58.6 Å². The number of anilines is 1. The van der Waals surface area contributed by atoms with Crippen molar-refractivity contribution in [2.45, 2.75) is 19.3 Å². The SMILES string of the molecule is O=C(COc1ccc2ccccc2c1Br)Nc1cccc(C(=O)N2CCCCC2)c1. The Kier molecular flexibility index (Phi) is 6.33. The van der Waals surface area contributed by atoms with Crippen LogP contribution < -0.4 is 10.1 Å². The van der Waals surface area contributed by atoms with E-state index in [0.29, 0.717) is 17.0 Å². The molecule has 0 radical (unpaired) electrons. The Morgan fingerprint density at radius 1 is 0.967 bits per heavy atom. The average molecular weight is 467 g/mol. The molecule has 3 aromatic rings. The van der Waals surface area contributed by atoms with E-state index in [9.17, 15) is 9.59 Å². The van der Waals surface area contributed by atoms with Gasteiger partial charge in [-0.1, -0.05) is 36.4 Å². The number of amides is 2. The molecule has 0 aliphatic carbocycles. The van der Waals surface area contributed by atoms with Crippen molar-refractivity contribution in [3.05, 3.63) is 70.7 Å². The lowest BCUT2D eigenvalue weighted by molar-refractivity contribution is -0.118. The highest BCUT2D eigenvalue weighted by Crippen LogP contribution is 2.33. The summed E-state index contributed by atoms with van der Waals surface area (Å²) in [5.41, 5.74) is 1.18. The van der Waals surface area contributed by atoms with E-state index in [1.54, 1.807) is 24.3 Å². The second kappa shape index (κ2) is 9.30. The van der Waals surface area contributed by atoms with Crippen LogP contribution in [0.15, 0.2) is 65.1 Å². The van der Waals surface area contributed by atoms with Crippen LogP contribution in [-0.4, -0.2) is 36.4 Å². The first-order valence-electron chi connectivity index (χ1n) is 10.1. The van der Waals surface area contributed by atoms with Crippen LogP contribution in [0, 0.1) is 0 Å². The Bertz CT molecular complexity index is 1080. The number of carbonyl (C=O) groups is 2. The third-order valence-corrected chi connectivity index (χ3v) is 6.04. The minimum atomic E-state index is -0.280. The highest BCUT2D eigenvalue weighted by Gasteiger charge is 2.18. The van der Waals surface area contributed by atoms with Gasteiger partial charge in [-0.15, -0.1) is 0 Å². The van der Waals surface area contributed by atoms with Gasteiger partial charge in [-0.05, 0) is 70.2 Å². The molecule has 1 saturated heterocycles. The van der Waals surface area contributed by atoms with Crippen LogP contribution >= 0.6 is 15.9 Å². The molecule has 0 spiro atoms. The summed E-state index contributed by atoms with van der Waals surface area (Å²) in [6.45, 7) is 1.47. The quantitative estimate of drug-likeness (QED) is 0.558. The molecule has 0 unspecified atom stereocenters. The largest absolute Gasteiger partial charge is 0.483 e. The maximum atomic E-state index is 12.7. The molecule has 1 aliphatic rings. The summed E-state index contributed by atoms with van der Waals surface area (Å²) >= 11 is 3.56. The molecule has 0 atom stereocenters. The maximum absolute atomic E-state index is 12.7. The van der Waals surface area contributed by atoms with Gasteiger partial charge in [0.15, 0.2) is 6.61 Å². The average Bonchev–Trinajstić information content (AvgIpc) is 2.79. The molecule has 1 N–H and O–H groups in total. The Morgan fingerprint density at radius 3 is 2.60 bits per heavy atom. The third-order valence-electron chi connectivity index (χ3n) is 5.22. The molecule has 1 heterocycles. The standard InChI is InChI=1S/C24H23BrN2O3/c25-23-20-10-3-2-7-17(20)11-12-21(23)30-16-22(28)26-19-9-6-8-18(15-19)24(29)27-13-4-1-5-14-27/h2-3,6-12,15H,1,4-5,13-14,16H2,(H,26,28). The summed E-state index contributed by atoms with van der Waals surface area (Å²) in [6, 6.07) is 18.8. The molecule has 154 valence electrons. The van der Waals surface area contributed by atoms with Crippen LogP contribution in [0.1, 0.15) is 29.6 Å². The number of hydrogen-bond acceptors (Lipinski definition) is 3. The first-order valence-corrected chi connectivity index (χ1v) is 10.9. The van der Waals surface area contributed by atoms with Crippen LogP contribution in [-0.2, 0) is 4.79 Å². The second-order valence-electron chi connectivity index (χ2n) is 7.37. The lowest BCUT2D eigenvalue weighted by Crippen LogP contribution is -2.35. The van der Waals surface area contributed by atoms with Gasteiger partial charge >= 0.3 is 0 Å². The fraction of sp³-hybridized carbons (Fsp3) is 0.250. The number of hydrogen-bond donors (Lipinski definition) is 1. The molecule has 2 amide bonds. The van der Waals surface area contributed by atoms with E-state index < -0.39 is 0 Å². The molecule has 1 aliphatic heterocycles. The number of carbonyl (C=O) groups excluding carboxylic acids is 2. The van der Waals surface area contributed by atoms with Gasteiger partial charge in [0.25, 0.3) is 11.8 Å². The van der Waals surface area contributed by atoms with Crippen molar-refractivity contribution >= 4 is 44.2 Å². The van der Waals surface area contributed by atoms with E-state index in [2.05, 4.69) is 21.2 Å². The molecular weight excluding hydrogens is 444 g/mol. The van der Waals surface area contributed by atoms with Gasteiger partial charge in [-0.25, -0.2) is 0 Å². The fourth-order valence-corrected chi connectivity index (χ4v) is 4.28. The Morgan fingerprint density at radius 2 is 1.77 bits per heavy atom. The van der Waals surface area contributed by atoms with Crippen LogP contribution in [0.2, 0.25) is 0 Å². The van der Waals surface area contributed by atoms with Crippen molar-refractivity contribution < 1.29 is 14.3 Å². The van der Waals surface area contributed by atoms with E-state index in [-0.39, 0.29) is 18.4 Å². The van der Waals surface area contributed by atoms with Crippen molar-refractivity contribution in [1.29, 1.82) is 0 Å². The zero-order valence-electron chi connectivity index (χ0n) is 16.6. The molecule has 3 aromatic carbocycles. The van der Waals surface area contributed by atoms with Gasteiger partial charge in [-0.3, -0.25) is 9.59 Å². The van der Waals surface area contributed by atoms with E-state index in [4.69, 9.17) is 4.74 Å². The predicted molar refractivity (Wildman–Crippen MR) is 122 cm³/mol. The number of likely N-dealkylation sites (tertiary alicyclic amines) is 1. The van der Waals surface area contributed by atoms with Crippen molar-refractivity contribution in [3.63, 3.8) is 0 Å². The molecule has 0 bridgehead atoms. The van der Waals surface area contributed by atoms with Gasteiger partial charge in [-0.2, -0.15) is 0 Å². The van der Waals surface area contributed by atoms with Gasteiger partial charge in [0, 0.05) is 24.3 Å². The molecule has 30 heavy (non-hydrogen) atoms. The predicted octanol–water partition coefficient (Wildman–Crippen LogP) is 5.25. The minimum absolute atomic E-state index is 0.0159. The molecular formula is C24H23BrN2O3. The van der Waals surface area contributed by atoms with E-state index in [0.717, 1.165) is 41.2 Å². The van der Waals surface area contributed by atoms with E-state index in [1.807, 2.05) is 41.3 Å². The smallest absolute Gasteiger partial charge is 0.262 e. The normalized spacial score (nSPS) is 13.8. The number of nitrogens with one attached hydrogen (secondary N) is 1. The summed E-state index contributed by atoms with van der Waals surface area (Å²) in [4.78, 5) is 27.0. The summed E-state index contributed by atoms with van der Waals surface area (Å²) in [6.07, 6.45) is 3.26.